The van der Waals surface area contributed by atoms with Crippen LogP contribution in [0, 0.1) is 11.8 Å². The fraction of sp³-hybridized carbons (Fsp3) is 0.171. The van der Waals surface area contributed by atoms with Crippen LogP contribution in [0.5, 0.6) is 0 Å². The molecule has 2 atom stereocenters. The second-order valence-corrected chi connectivity index (χ2v) is 11.6. The second-order valence-electron chi connectivity index (χ2n) is 11.6. The highest BCUT2D eigenvalue weighted by atomic mass is 16.5. The maximum atomic E-state index is 13.8. The lowest BCUT2D eigenvalue weighted by molar-refractivity contribution is -0.147. The predicted molar refractivity (Wildman–Crippen MR) is 184 cm³/mol. The van der Waals surface area contributed by atoms with E-state index in [2.05, 4.69) is 0 Å². The normalized spacial score (nSPS) is 16.4. The molecule has 2 heterocycles. The lowest BCUT2D eigenvalue weighted by atomic mass is 9.73. The van der Waals surface area contributed by atoms with Gasteiger partial charge in [-0.2, -0.15) is 0 Å². The number of carbonyl (C=O) groups excluding carboxylic acids is 2. The number of hydrogen-bond acceptors (Lipinski definition) is 6. The van der Waals surface area contributed by atoms with Crippen molar-refractivity contribution in [2.24, 2.45) is 11.8 Å². The molecule has 6 heteroatoms. The van der Waals surface area contributed by atoms with Gasteiger partial charge in [-0.1, -0.05) is 104 Å². The zero-order valence-electron chi connectivity index (χ0n) is 26.5. The molecule has 0 saturated carbocycles. The second kappa shape index (κ2) is 12.6. The molecule has 0 saturated heterocycles. The number of furan rings is 2. The topological polar surface area (TPSA) is 78.9 Å². The van der Waals surface area contributed by atoms with Gasteiger partial charge in [-0.05, 0) is 43.2 Å². The zero-order chi connectivity index (χ0) is 32.5. The maximum Gasteiger partial charge on any atom is 0.338 e. The van der Waals surface area contributed by atoms with Gasteiger partial charge in [0.25, 0.3) is 0 Å². The summed E-state index contributed by atoms with van der Waals surface area (Å²) in [6.07, 6.45) is 1.72. The number of para-hydroxylation sites is 2. The van der Waals surface area contributed by atoms with Crippen molar-refractivity contribution in [1.29, 1.82) is 0 Å². The Bertz CT molecular complexity index is 2160. The third-order valence-corrected chi connectivity index (χ3v) is 8.72. The van der Waals surface area contributed by atoms with E-state index >= 15 is 0 Å². The first kappa shape index (κ1) is 30.1. The van der Waals surface area contributed by atoms with Gasteiger partial charge in [0.1, 0.15) is 22.7 Å². The maximum absolute atomic E-state index is 13.8. The Hall–Kier alpha value is -5.62. The highest BCUT2D eigenvalue weighted by molar-refractivity contribution is 6.08. The molecular weight excluding hydrogens is 588 g/mol. The van der Waals surface area contributed by atoms with Crippen LogP contribution < -0.4 is 0 Å². The van der Waals surface area contributed by atoms with E-state index in [1.54, 1.807) is 19.9 Å². The fourth-order valence-electron chi connectivity index (χ4n) is 6.62. The van der Waals surface area contributed by atoms with E-state index in [0.717, 1.165) is 33.0 Å². The first-order valence-corrected chi connectivity index (χ1v) is 15.9. The Kier molecular flexibility index (Phi) is 8.08. The summed E-state index contributed by atoms with van der Waals surface area (Å²) in [5.41, 5.74) is 6.76. The van der Waals surface area contributed by atoms with Crippen molar-refractivity contribution in [2.75, 3.05) is 13.2 Å². The summed E-state index contributed by atoms with van der Waals surface area (Å²) >= 11 is 0. The standard InChI is InChI=1S/C41H34O6/c1-4-44-40(42)33-24-32(34-22-28-18-12-20-30(38(28)46-34)26-14-8-6-9-15-26)37(41(43)45-5-2)25(3)36(33)35-23-29-19-13-21-31(39(29)47-35)27-16-10-7-11-17-27/h6-25,37H,4-5H2,1-3H3/t25-,37?/m0/s1. The SMILES string of the molecule is CCOC(=O)C1=C(c2cc3cccc(-c4ccccc4)c3o2)[C@H](C)C(C(=O)OCC)C(c2cc3cccc(-c4ccccc4)c3o2)=C1. The van der Waals surface area contributed by atoms with Gasteiger partial charge in [0.05, 0.1) is 24.7 Å². The summed E-state index contributed by atoms with van der Waals surface area (Å²) in [6, 6.07) is 35.8. The van der Waals surface area contributed by atoms with Gasteiger partial charge in [0.2, 0.25) is 0 Å². The third-order valence-electron chi connectivity index (χ3n) is 8.72. The molecule has 1 aliphatic rings. The van der Waals surface area contributed by atoms with Crippen LogP contribution in [0.2, 0.25) is 0 Å². The largest absolute Gasteiger partial charge is 0.466 e. The summed E-state index contributed by atoms with van der Waals surface area (Å²) in [5, 5.41) is 1.77. The average Bonchev–Trinajstić information content (AvgIpc) is 3.73. The molecule has 0 aliphatic heterocycles. The van der Waals surface area contributed by atoms with Crippen molar-refractivity contribution in [1.82, 2.24) is 0 Å². The Morgan fingerprint density at radius 1 is 0.660 bits per heavy atom. The third kappa shape index (κ3) is 5.46. The highest BCUT2D eigenvalue weighted by Crippen LogP contribution is 2.48. The molecule has 6 aromatic rings. The van der Waals surface area contributed by atoms with Crippen molar-refractivity contribution < 1.29 is 27.9 Å². The van der Waals surface area contributed by atoms with Gasteiger partial charge >= 0.3 is 11.9 Å². The number of carbonyl (C=O) groups is 2. The number of esters is 2. The highest BCUT2D eigenvalue weighted by Gasteiger charge is 2.42. The molecular formula is C41H34O6. The van der Waals surface area contributed by atoms with Crippen LogP contribution in [0.15, 0.2) is 130 Å². The summed E-state index contributed by atoms with van der Waals surface area (Å²) in [4.78, 5) is 27.5. The summed E-state index contributed by atoms with van der Waals surface area (Å²) < 4.78 is 24.4. The van der Waals surface area contributed by atoms with Crippen molar-refractivity contribution in [3.63, 3.8) is 0 Å². The van der Waals surface area contributed by atoms with Crippen LogP contribution in [0.1, 0.15) is 32.3 Å². The number of rotatable bonds is 8. The molecule has 0 amide bonds. The first-order chi connectivity index (χ1) is 23.0. The molecule has 7 rings (SSSR count). The average molecular weight is 623 g/mol. The number of hydrogen-bond donors (Lipinski definition) is 0. The molecule has 0 spiro atoms. The minimum atomic E-state index is -0.773. The quantitative estimate of drug-likeness (QED) is 0.157. The minimum absolute atomic E-state index is 0.192. The number of allylic oxidation sites excluding steroid dienone is 1. The molecule has 0 fully saturated rings. The van der Waals surface area contributed by atoms with Gasteiger partial charge in [-0.3, -0.25) is 4.79 Å². The van der Waals surface area contributed by atoms with E-state index in [0.29, 0.717) is 39.4 Å². The number of ether oxygens (including phenoxy) is 2. The monoisotopic (exact) mass is 622 g/mol. The molecule has 234 valence electrons. The van der Waals surface area contributed by atoms with E-state index < -0.39 is 23.8 Å². The van der Waals surface area contributed by atoms with Gasteiger partial charge in [-0.25, -0.2) is 4.79 Å². The molecule has 6 nitrogen and oxygen atoms in total. The molecule has 0 radical (unpaired) electrons. The smallest absolute Gasteiger partial charge is 0.338 e. The van der Waals surface area contributed by atoms with E-state index in [9.17, 15) is 9.59 Å². The Labute approximate surface area is 272 Å². The lowest BCUT2D eigenvalue weighted by Crippen LogP contribution is -2.30. The van der Waals surface area contributed by atoms with Crippen molar-refractivity contribution in [3.05, 3.63) is 132 Å². The van der Waals surface area contributed by atoms with Crippen LogP contribution in [-0.2, 0) is 19.1 Å². The predicted octanol–water partition coefficient (Wildman–Crippen LogP) is 9.74. The van der Waals surface area contributed by atoms with Gasteiger partial charge in [-0.15, -0.1) is 0 Å². The first-order valence-electron chi connectivity index (χ1n) is 15.9. The summed E-state index contributed by atoms with van der Waals surface area (Å²) in [7, 11) is 0. The molecule has 0 N–H and O–H groups in total. The Morgan fingerprint density at radius 3 is 1.74 bits per heavy atom. The van der Waals surface area contributed by atoms with Crippen LogP contribution >= 0.6 is 0 Å². The van der Waals surface area contributed by atoms with E-state index in [-0.39, 0.29) is 13.2 Å². The molecule has 0 bridgehead atoms. The summed E-state index contributed by atoms with van der Waals surface area (Å²) in [6.45, 7) is 5.88. The van der Waals surface area contributed by atoms with Crippen LogP contribution in [0.4, 0.5) is 0 Å². The van der Waals surface area contributed by atoms with Gasteiger partial charge in [0, 0.05) is 39.0 Å². The van der Waals surface area contributed by atoms with Crippen LogP contribution in [-0.4, -0.2) is 25.2 Å². The summed E-state index contributed by atoms with van der Waals surface area (Å²) in [5.74, 6) is -1.21. The fourth-order valence-corrected chi connectivity index (χ4v) is 6.62. The van der Waals surface area contributed by atoms with E-state index in [1.807, 2.05) is 116 Å². The van der Waals surface area contributed by atoms with Crippen molar-refractivity contribution in [3.8, 4) is 22.3 Å². The minimum Gasteiger partial charge on any atom is -0.466 e. The Morgan fingerprint density at radius 2 is 1.19 bits per heavy atom. The van der Waals surface area contributed by atoms with Gasteiger partial charge in [0.15, 0.2) is 0 Å². The van der Waals surface area contributed by atoms with Crippen molar-refractivity contribution in [2.45, 2.75) is 20.8 Å². The molecule has 4 aromatic carbocycles. The van der Waals surface area contributed by atoms with Crippen LogP contribution in [0.25, 0.3) is 55.3 Å². The number of benzene rings is 4. The van der Waals surface area contributed by atoms with E-state index in [1.165, 1.54) is 0 Å². The molecule has 2 aromatic heterocycles. The van der Waals surface area contributed by atoms with Crippen molar-refractivity contribution >= 4 is 45.0 Å². The number of fused-ring (bicyclic) bond motifs is 2. The molecule has 47 heavy (non-hydrogen) atoms. The van der Waals surface area contributed by atoms with Gasteiger partial charge < -0.3 is 18.3 Å². The van der Waals surface area contributed by atoms with Crippen LogP contribution in [0.3, 0.4) is 0 Å². The molecule has 1 unspecified atom stereocenters. The molecule has 1 aliphatic carbocycles. The van der Waals surface area contributed by atoms with E-state index in [4.69, 9.17) is 18.3 Å². The Balaban J connectivity index is 1.44. The zero-order valence-corrected chi connectivity index (χ0v) is 26.5. The lowest BCUT2D eigenvalue weighted by Gasteiger charge is -2.30.